The molecule has 0 N–H and O–H groups in total. The lowest BCUT2D eigenvalue weighted by molar-refractivity contribution is 0.517. The van der Waals surface area contributed by atoms with Crippen LogP contribution in [-0.4, -0.2) is 35.2 Å². The van der Waals surface area contributed by atoms with Crippen molar-refractivity contribution in [2.75, 3.05) is 14.1 Å². The van der Waals surface area contributed by atoms with Gasteiger partial charge in [0.1, 0.15) is 9.79 Å². The summed E-state index contributed by atoms with van der Waals surface area (Å²) in [4.78, 5) is -1.04. The molecule has 1 aromatic rings. The van der Waals surface area contributed by atoms with Gasteiger partial charge in [-0.25, -0.2) is 21.1 Å². The Balaban J connectivity index is 3.77. The fourth-order valence-corrected chi connectivity index (χ4v) is 4.38. The molecule has 0 atom stereocenters. The summed E-state index contributed by atoms with van der Waals surface area (Å²) in [7, 11) is -0.463. The van der Waals surface area contributed by atoms with Crippen LogP contribution in [0.2, 0.25) is 5.02 Å². The Morgan fingerprint density at radius 2 is 1.65 bits per heavy atom. The van der Waals surface area contributed by atoms with Crippen LogP contribution >= 0.6 is 22.3 Å². The third kappa shape index (κ3) is 2.92. The van der Waals surface area contributed by atoms with Crippen LogP contribution < -0.4 is 0 Å². The van der Waals surface area contributed by atoms with Crippen LogP contribution in [0.1, 0.15) is 0 Å². The van der Waals surface area contributed by atoms with E-state index in [1.54, 1.807) is 0 Å². The topological polar surface area (TPSA) is 71.5 Å². The molecule has 5 nitrogen and oxygen atoms in total. The van der Waals surface area contributed by atoms with Gasteiger partial charge < -0.3 is 0 Å². The summed E-state index contributed by atoms with van der Waals surface area (Å²) in [6, 6.07) is 3.68. The Labute approximate surface area is 109 Å². The molecule has 0 heterocycles. The van der Waals surface area contributed by atoms with E-state index in [0.717, 1.165) is 10.4 Å². The highest BCUT2D eigenvalue weighted by Crippen LogP contribution is 2.31. The van der Waals surface area contributed by atoms with E-state index in [0.29, 0.717) is 0 Å². The Morgan fingerprint density at radius 3 is 2.06 bits per heavy atom. The summed E-state index contributed by atoms with van der Waals surface area (Å²) >= 11 is 5.74. The van der Waals surface area contributed by atoms with E-state index in [9.17, 15) is 16.8 Å². The minimum absolute atomic E-state index is 0.194. The minimum atomic E-state index is -4.19. The van der Waals surface area contributed by atoms with Crippen molar-refractivity contribution in [3.05, 3.63) is 23.2 Å². The van der Waals surface area contributed by atoms with Crippen molar-refractivity contribution in [3.8, 4) is 0 Å². The van der Waals surface area contributed by atoms with Gasteiger partial charge in [0.05, 0.1) is 5.02 Å². The molecule has 0 spiro atoms. The van der Waals surface area contributed by atoms with E-state index in [1.807, 2.05) is 0 Å². The molecule has 0 aliphatic rings. The standard InChI is InChI=1S/C8H9Cl2NO4S2/c1-11(2)17(14,15)8-6(9)4-3-5-7(8)16(10,12)13/h3-5H,1-2H3. The molecule has 0 bridgehead atoms. The zero-order chi connectivity index (χ0) is 13.4. The number of sulfonamides is 1. The van der Waals surface area contributed by atoms with E-state index < -0.39 is 28.9 Å². The molecule has 0 aliphatic carbocycles. The van der Waals surface area contributed by atoms with Crippen LogP contribution in [0.4, 0.5) is 0 Å². The number of hydrogen-bond donors (Lipinski definition) is 0. The summed E-state index contributed by atoms with van der Waals surface area (Å²) < 4.78 is 47.3. The summed E-state index contributed by atoms with van der Waals surface area (Å²) in [5.74, 6) is 0. The Morgan fingerprint density at radius 1 is 1.12 bits per heavy atom. The molecular formula is C8H9Cl2NO4S2. The molecule has 1 aromatic carbocycles. The Bertz CT molecular complexity index is 637. The summed E-state index contributed by atoms with van der Waals surface area (Å²) in [5.41, 5.74) is 0. The highest BCUT2D eigenvalue weighted by Gasteiger charge is 2.29. The number of halogens is 2. The van der Waals surface area contributed by atoms with Crippen LogP contribution in [0.3, 0.4) is 0 Å². The van der Waals surface area contributed by atoms with Crippen LogP contribution in [0, 0.1) is 0 Å². The highest BCUT2D eigenvalue weighted by atomic mass is 35.7. The number of benzene rings is 1. The van der Waals surface area contributed by atoms with Crippen LogP contribution in [0.25, 0.3) is 0 Å². The SMILES string of the molecule is CN(C)S(=O)(=O)c1c(Cl)cccc1S(=O)(=O)Cl. The molecule has 17 heavy (non-hydrogen) atoms. The predicted molar refractivity (Wildman–Crippen MR) is 65.4 cm³/mol. The first-order chi connectivity index (χ1) is 7.58. The maximum atomic E-state index is 11.9. The van der Waals surface area contributed by atoms with Gasteiger partial charge in [-0.3, -0.25) is 0 Å². The second-order valence-corrected chi connectivity index (χ2v) is 8.32. The molecule has 0 saturated carbocycles. The maximum absolute atomic E-state index is 11.9. The van der Waals surface area contributed by atoms with E-state index in [2.05, 4.69) is 0 Å². The molecule has 96 valence electrons. The van der Waals surface area contributed by atoms with Gasteiger partial charge in [0.2, 0.25) is 10.0 Å². The van der Waals surface area contributed by atoms with Crippen molar-refractivity contribution in [1.82, 2.24) is 4.31 Å². The largest absolute Gasteiger partial charge is 0.262 e. The molecule has 0 aliphatic heterocycles. The Hall–Kier alpha value is -0.340. The van der Waals surface area contributed by atoms with E-state index in [4.69, 9.17) is 22.3 Å². The van der Waals surface area contributed by atoms with Crippen LogP contribution in [0.15, 0.2) is 28.0 Å². The van der Waals surface area contributed by atoms with Gasteiger partial charge in [-0.2, -0.15) is 0 Å². The van der Waals surface area contributed by atoms with Crippen molar-refractivity contribution in [1.29, 1.82) is 0 Å². The zero-order valence-corrected chi connectivity index (χ0v) is 12.0. The minimum Gasteiger partial charge on any atom is -0.207 e. The van der Waals surface area contributed by atoms with Crippen LogP contribution in [-0.2, 0) is 19.1 Å². The summed E-state index contributed by atoms with van der Waals surface area (Å²) in [6.07, 6.45) is 0. The quantitative estimate of drug-likeness (QED) is 0.792. The second-order valence-electron chi connectivity index (χ2n) is 3.29. The van der Waals surface area contributed by atoms with Gasteiger partial charge in [-0.1, -0.05) is 17.7 Å². The first-order valence-corrected chi connectivity index (χ1v) is 8.37. The van der Waals surface area contributed by atoms with Gasteiger partial charge in [-0.05, 0) is 12.1 Å². The zero-order valence-electron chi connectivity index (χ0n) is 8.88. The van der Waals surface area contributed by atoms with Gasteiger partial charge in [0.25, 0.3) is 9.05 Å². The van der Waals surface area contributed by atoms with Crippen molar-refractivity contribution in [2.24, 2.45) is 0 Å². The maximum Gasteiger partial charge on any atom is 0.262 e. The van der Waals surface area contributed by atoms with Crippen molar-refractivity contribution < 1.29 is 16.8 Å². The van der Waals surface area contributed by atoms with Gasteiger partial charge in [-0.15, -0.1) is 0 Å². The first kappa shape index (κ1) is 14.7. The van der Waals surface area contributed by atoms with Gasteiger partial charge in [0, 0.05) is 24.8 Å². The van der Waals surface area contributed by atoms with Crippen molar-refractivity contribution in [2.45, 2.75) is 9.79 Å². The number of hydrogen-bond acceptors (Lipinski definition) is 4. The average molecular weight is 318 g/mol. The first-order valence-electron chi connectivity index (χ1n) is 4.24. The predicted octanol–water partition coefficient (Wildman–Crippen LogP) is 1.52. The number of nitrogens with zero attached hydrogens (tertiary/aromatic N) is 1. The fraction of sp³-hybridized carbons (Fsp3) is 0.250. The molecule has 0 radical (unpaired) electrons. The average Bonchev–Trinajstić information content (AvgIpc) is 2.15. The molecule has 0 saturated heterocycles. The van der Waals surface area contributed by atoms with Gasteiger partial charge in [0.15, 0.2) is 0 Å². The molecule has 0 fully saturated rings. The highest BCUT2D eigenvalue weighted by molar-refractivity contribution is 8.14. The molecule has 1 rings (SSSR count). The third-order valence-corrected chi connectivity index (χ3v) is 5.77. The smallest absolute Gasteiger partial charge is 0.207 e. The molecule has 0 unspecified atom stereocenters. The number of rotatable bonds is 3. The lowest BCUT2D eigenvalue weighted by atomic mass is 10.4. The molecular weight excluding hydrogens is 309 g/mol. The van der Waals surface area contributed by atoms with Crippen molar-refractivity contribution in [3.63, 3.8) is 0 Å². The fourth-order valence-electron chi connectivity index (χ4n) is 1.11. The lowest BCUT2D eigenvalue weighted by Gasteiger charge is -2.14. The van der Waals surface area contributed by atoms with Crippen molar-refractivity contribution >= 4 is 41.4 Å². The van der Waals surface area contributed by atoms with E-state index in [1.165, 1.54) is 26.2 Å². The lowest BCUT2D eigenvalue weighted by Crippen LogP contribution is -2.24. The summed E-state index contributed by atoms with van der Waals surface area (Å²) in [6.45, 7) is 0. The Kier molecular flexibility index (Phi) is 4.10. The monoisotopic (exact) mass is 317 g/mol. The van der Waals surface area contributed by atoms with Crippen LogP contribution in [0.5, 0.6) is 0 Å². The second kappa shape index (κ2) is 4.74. The van der Waals surface area contributed by atoms with E-state index >= 15 is 0 Å². The summed E-state index contributed by atoms with van der Waals surface area (Å²) in [5, 5.41) is -0.194. The van der Waals surface area contributed by atoms with E-state index in [-0.39, 0.29) is 5.02 Å². The molecule has 9 heteroatoms. The van der Waals surface area contributed by atoms with Gasteiger partial charge >= 0.3 is 0 Å². The third-order valence-electron chi connectivity index (χ3n) is 1.93. The molecule has 0 amide bonds. The molecule has 0 aromatic heterocycles. The normalized spacial score (nSPS) is 13.0.